The van der Waals surface area contributed by atoms with E-state index in [1.54, 1.807) is 18.0 Å². The molecule has 0 fully saturated rings. The van der Waals surface area contributed by atoms with Gasteiger partial charge in [-0.05, 0) is 44.9 Å². The van der Waals surface area contributed by atoms with Crippen molar-refractivity contribution in [2.24, 2.45) is 0 Å². The Balaban J connectivity index is 3.18. The summed E-state index contributed by atoms with van der Waals surface area (Å²) < 4.78 is 2.22. The number of hydrogen-bond donors (Lipinski definition) is 0. The van der Waals surface area contributed by atoms with Crippen LogP contribution in [0.1, 0.15) is 37.2 Å². The standard InChI is InChI=1S/C16H23N3O/c1-6-8-19-12(3)9-14(13(19)4)10-15(11-17)16(20)18(5)7-2/h9-10H,6-8H2,1-5H3/b15-10-. The highest BCUT2D eigenvalue weighted by molar-refractivity contribution is 6.01. The van der Waals surface area contributed by atoms with Crippen LogP contribution in [0.15, 0.2) is 11.6 Å². The molecule has 20 heavy (non-hydrogen) atoms. The highest BCUT2D eigenvalue weighted by Gasteiger charge is 2.15. The second-order valence-corrected chi connectivity index (χ2v) is 4.97. The Hall–Kier alpha value is -2.02. The number of aromatic nitrogens is 1. The Morgan fingerprint density at radius 2 is 2.10 bits per heavy atom. The van der Waals surface area contributed by atoms with E-state index >= 15 is 0 Å². The molecule has 4 heteroatoms. The van der Waals surface area contributed by atoms with E-state index in [0.29, 0.717) is 6.54 Å². The van der Waals surface area contributed by atoms with Crippen LogP contribution in [-0.4, -0.2) is 29.0 Å². The lowest BCUT2D eigenvalue weighted by molar-refractivity contribution is -0.125. The fourth-order valence-corrected chi connectivity index (χ4v) is 2.19. The average molecular weight is 273 g/mol. The fraction of sp³-hybridized carbons (Fsp3) is 0.500. The van der Waals surface area contributed by atoms with Crippen molar-refractivity contribution in [2.45, 2.75) is 40.7 Å². The highest BCUT2D eigenvalue weighted by atomic mass is 16.2. The van der Waals surface area contributed by atoms with Gasteiger partial charge in [0.15, 0.2) is 0 Å². The van der Waals surface area contributed by atoms with Crippen LogP contribution < -0.4 is 0 Å². The summed E-state index contributed by atoms with van der Waals surface area (Å²) >= 11 is 0. The topological polar surface area (TPSA) is 49.0 Å². The van der Waals surface area contributed by atoms with Gasteiger partial charge in [-0.3, -0.25) is 4.79 Å². The predicted molar refractivity (Wildman–Crippen MR) is 81.1 cm³/mol. The Labute approximate surface area is 121 Å². The van der Waals surface area contributed by atoms with Crippen LogP contribution in [0.25, 0.3) is 6.08 Å². The number of likely N-dealkylation sites (N-methyl/N-ethyl adjacent to an activating group) is 1. The van der Waals surface area contributed by atoms with Crippen molar-refractivity contribution in [3.05, 3.63) is 28.6 Å². The molecule has 0 N–H and O–H groups in total. The van der Waals surface area contributed by atoms with Gasteiger partial charge in [0.05, 0.1) is 0 Å². The smallest absolute Gasteiger partial charge is 0.264 e. The minimum absolute atomic E-state index is 0.186. The minimum atomic E-state index is -0.227. The second kappa shape index (κ2) is 6.95. The summed E-state index contributed by atoms with van der Waals surface area (Å²) in [4.78, 5) is 13.6. The van der Waals surface area contributed by atoms with E-state index in [4.69, 9.17) is 0 Å². The number of nitriles is 1. The summed E-state index contributed by atoms with van der Waals surface area (Å²) in [6, 6.07) is 4.04. The molecule has 1 aromatic heterocycles. The van der Waals surface area contributed by atoms with Gasteiger partial charge in [0, 0.05) is 31.5 Å². The maximum atomic E-state index is 12.1. The van der Waals surface area contributed by atoms with E-state index in [0.717, 1.165) is 29.9 Å². The van der Waals surface area contributed by atoms with Crippen molar-refractivity contribution in [3.63, 3.8) is 0 Å². The van der Waals surface area contributed by atoms with Gasteiger partial charge in [0.25, 0.3) is 5.91 Å². The Kier molecular flexibility index (Phi) is 5.57. The summed E-state index contributed by atoms with van der Waals surface area (Å²) in [5.74, 6) is -0.227. The molecule has 108 valence electrons. The lowest BCUT2D eigenvalue weighted by atomic mass is 10.1. The monoisotopic (exact) mass is 273 g/mol. The van der Waals surface area contributed by atoms with Crippen LogP contribution >= 0.6 is 0 Å². The van der Waals surface area contributed by atoms with Crippen LogP contribution in [-0.2, 0) is 11.3 Å². The van der Waals surface area contributed by atoms with E-state index < -0.39 is 0 Å². The van der Waals surface area contributed by atoms with Gasteiger partial charge in [-0.15, -0.1) is 0 Å². The normalized spacial score (nSPS) is 11.3. The molecule has 0 unspecified atom stereocenters. The SMILES string of the molecule is CCCn1c(C)cc(/C=C(/C#N)C(=O)N(C)CC)c1C. The van der Waals surface area contributed by atoms with Gasteiger partial charge >= 0.3 is 0 Å². The molecular weight excluding hydrogens is 250 g/mol. The first kappa shape index (κ1) is 16.0. The highest BCUT2D eigenvalue weighted by Crippen LogP contribution is 2.19. The van der Waals surface area contributed by atoms with Crippen LogP contribution in [0.4, 0.5) is 0 Å². The molecule has 0 bridgehead atoms. The number of amides is 1. The van der Waals surface area contributed by atoms with E-state index in [2.05, 4.69) is 11.5 Å². The first-order valence-electron chi connectivity index (χ1n) is 7.00. The summed E-state index contributed by atoms with van der Waals surface area (Å²) in [5, 5.41) is 9.20. The van der Waals surface area contributed by atoms with Crippen molar-refractivity contribution in [1.29, 1.82) is 5.26 Å². The van der Waals surface area contributed by atoms with Gasteiger partial charge in [-0.2, -0.15) is 5.26 Å². The molecule has 0 radical (unpaired) electrons. The minimum Gasteiger partial charge on any atom is -0.349 e. The Morgan fingerprint density at radius 3 is 2.60 bits per heavy atom. The van der Waals surface area contributed by atoms with Gasteiger partial charge in [0.2, 0.25) is 0 Å². The first-order chi connectivity index (χ1) is 9.46. The fourth-order valence-electron chi connectivity index (χ4n) is 2.19. The zero-order chi connectivity index (χ0) is 15.3. The summed E-state index contributed by atoms with van der Waals surface area (Å²) in [5.41, 5.74) is 3.39. The van der Waals surface area contributed by atoms with Crippen LogP contribution in [0.3, 0.4) is 0 Å². The summed E-state index contributed by atoms with van der Waals surface area (Å²) in [6.45, 7) is 9.64. The molecule has 0 saturated heterocycles. The predicted octanol–water partition coefficient (Wildman–Crippen LogP) is 2.90. The van der Waals surface area contributed by atoms with Crippen molar-refractivity contribution < 1.29 is 4.79 Å². The van der Waals surface area contributed by atoms with Gasteiger partial charge in [-0.1, -0.05) is 6.92 Å². The molecule has 0 aliphatic heterocycles. The lowest BCUT2D eigenvalue weighted by Gasteiger charge is -2.13. The maximum Gasteiger partial charge on any atom is 0.264 e. The lowest BCUT2D eigenvalue weighted by Crippen LogP contribution is -2.27. The Bertz CT molecular complexity index is 561. The van der Waals surface area contributed by atoms with Crippen molar-refractivity contribution >= 4 is 12.0 Å². The molecule has 4 nitrogen and oxygen atoms in total. The van der Waals surface area contributed by atoms with Crippen LogP contribution in [0, 0.1) is 25.2 Å². The molecular formula is C16H23N3O. The van der Waals surface area contributed by atoms with Gasteiger partial charge in [0.1, 0.15) is 11.6 Å². The molecule has 0 atom stereocenters. The zero-order valence-electron chi connectivity index (χ0n) is 13.0. The number of hydrogen-bond acceptors (Lipinski definition) is 2. The number of aryl methyl sites for hydroxylation is 1. The third-order valence-corrected chi connectivity index (χ3v) is 3.53. The number of nitrogens with zero attached hydrogens (tertiary/aromatic N) is 3. The molecule has 0 aliphatic rings. The van der Waals surface area contributed by atoms with E-state index in [1.165, 1.54) is 0 Å². The average Bonchev–Trinajstić information content (AvgIpc) is 2.71. The number of carbonyl (C=O) groups is 1. The molecule has 0 aromatic carbocycles. The van der Waals surface area contributed by atoms with Crippen molar-refractivity contribution in [3.8, 4) is 6.07 Å². The third kappa shape index (κ3) is 3.30. The first-order valence-corrected chi connectivity index (χ1v) is 7.00. The van der Waals surface area contributed by atoms with E-state index in [9.17, 15) is 10.1 Å². The molecule has 1 amide bonds. The third-order valence-electron chi connectivity index (χ3n) is 3.53. The molecule has 1 aromatic rings. The number of carbonyl (C=O) groups excluding carboxylic acids is 1. The van der Waals surface area contributed by atoms with Gasteiger partial charge < -0.3 is 9.47 Å². The van der Waals surface area contributed by atoms with Gasteiger partial charge in [-0.25, -0.2) is 0 Å². The summed E-state index contributed by atoms with van der Waals surface area (Å²) in [6.07, 6.45) is 2.76. The largest absolute Gasteiger partial charge is 0.349 e. The molecule has 0 saturated carbocycles. The van der Waals surface area contributed by atoms with Crippen molar-refractivity contribution in [2.75, 3.05) is 13.6 Å². The van der Waals surface area contributed by atoms with Crippen LogP contribution in [0.5, 0.6) is 0 Å². The molecule has 1 rings (SSSR count). The molecule has 1 heterocycles. The maximum absolute atomic E-state index is 12.1. The Morgan fingerprint density at radius 1 is 1.45 bits per heavy atom. The van der Waals surface area contributed by atoms with E-state index in [1.807, 2.05) is 32.9 Å². The summed E-state index contributed by atoms with van der Waals surface area (Å²) in [7, 11) is 1.70. The van der Waals surface area contributed by atoms with Crippen molar-refractivity contribution in [1.82, 2.24) is 9.47 Å². The number of rotatable bonds is 5. The quantitative estimate of drug-likeness (QED) is 0.612. The van der Waals surface area contributed by atoms with E-state index in [-0.39, 0.29) is 11.5 Å². The molecule has 0 spiro atoms. The molecule has 0 aliphatic carbocycles. The second-order valence-electron chi connectivity index (χ2n) is 4.97. The zero-order valence-corrected chi connectivity index (χ0v) is 13.0. The van der Waals surface area contributed by atoms with Crippen LogP contribution in [0.2, 0.25) is 0 Å².